The number of esters is 1. The number of hydrogen-bond acceptors (Lipinski definition) is 6. The molecule has 3 aromatic rings. The van der Waals surface area contributed by atoms with E-state index in [1.807, 2.05) is 13.8 Å². The Bertz CT molecular complexity index is 1330. The lowest BCUT2D eigenvalue weighted by Crippen LogP contribution is -2.38. The van der Waals surface area contributed by atoms with Gasteiger partial charge in [0.15, 0.2) is 0 Å². The van der Waals surface area contributed by atoms with Crippen LogP contribution in [0.4, 0.5) is 11.4 Å². The Balaban J connectivity index is 1.88. The van der Waals surface area contributed by atoms with Gasteiger partial charge in [0.05, 0.1) is 40.1 Å². The van der Waals surface area contributed by atoms with Gasteiger partial charge in [-0.3, -0.25) is 9.10 Å². The minimum Gasteiger partial charge on any atom is -0.494 e. The Kier molecular flexibility index (Phi) is 8.95. The van der Waals surface area contributed by atoms with Crippen LogP contribution in [-0.2, 0) is 19.6 Å². The van der Waals surface area contributed by atoms with Gasteiger partial charge in [-0.15, -0.1) is 0 Å². The van der Waals surface area contributed by atoms with Gasteiger partial charge in [-0.25, -0.2) is 13.2 Å². The van der Waals surface area contributed by atoms with Crippen molar-refractivity contribution in [2.45, 2.75) is 25.7 Å². The summed E-state index contributed by atoms with van der Waals surface area (Å²) in [5.41, 5.74) is 1.74. The van der Waals surface area contributed by atoms with Crippen LogP contribution in [0.25, 0.3) is 0 Å². The maximum Gasteiger partial charge on any atom is 0.338 e. The van der Waals surface area contributed by atoms with Gasteiger partial charge in [0, 0.05) is 0 Å². The summed E-state index contributed by atoms with van der Waals surface area (Å²) >= 11 is 6.25. The Morgan fingerprint density at radius 2 is 1.61 bits per heavy atom. The molecule has 8 nitrogen and oxygen atoms in total. The summed E-state index contributed by atoms with van der Waals surface area (Å²) in [5.74, 6) is -0.614. The molecule has 0 aliphatic rings. The molecular formula is C26H27ClN2O6S. The second kappa shape index (κ2) is 11.9. The molecular weight excluding hydrogens is 504 g/mol. The van der Waals surface area contributed by atoms with E-state index in [0.717, 1.165) is 9.87 Å². The maximum absolute atomic E-state index is 13.6. The number of anilines is 2. The van der Waals surface area contributed by atoms with Crippen LogP contribution in [0, 0.1) is 6.92 Å². The minimum absolute atomic E-state index is 0.0103. The number of ether oxygens (including phenoxy) is 2. The van der Waals surface area contributed by atoms with Crippen LogP contribution in [0.1, 0.15) is 29.8 Å². The largest absolute Gasteiger partial charge is 0.494 e. The van der Waals surface area contributed by atoms with Gasteiger partial charge in [0.1, 0.15) is 12.3 Å². The van der Waals surface area contributed by atoms with Crippen LogP contribution in [0.3, 0.4) is 0 Å². The Morgan fingerprint density at radius 1 is 0.944 bits per heavy atom. The van der Waals surface area contributed by atoms with E-state index in [4.69, 9.17) is 21.1 Å². The van der Waals surface area contributed by atoms with Gasteiger partial charge in [0.25, 0.3) is 10.0 Å². The molecule has 1 amide bonds. The lowest BCUT2D eigenvalue weighted by atomic mass is 10.2. The van der Waals surface area contributed by atoms with E-state index < -0.39 is 28.4 Å². The van der Waals surface area contributed by atoms with Gasteiger partial charge < -0.3 is 14.8 Å². The molecule has 0 aliphatic carbocycles. The first-order valence-electron chi connectivity index (χ1n) is 11.2. The fraction of sp³-hybridized carbons (Fsp3) is 0.231. The number of amides is 1. The van der Waals surface area contributed by atoms with E-state index in [0.29, 0.717) is 18.0 Å². The number of nitrogens with one attached hydrogen (secondary N) is 1. The number of halogens is 1. The van der Waals surface area contributed by atoms with Gasteiger partial charge >= 0.3 is 5.97 Å². The number of benzene rings is 3. The van der Waals surface area contributed by atoms with Gasteiger partial charge in [0.2, 0.25) is 5.91 Å². The first-order valence-corrected chi connectivity index (χ1v) is 13.1. The van der Waals surface area contributed by atoms with Crippen LogP contribution in [-0.4, -0.2) is 40.1 Å². The molecule has 0 aromatic heterocycles. The summed E-state index contributed by atoms with van der Waals surface area (Å²) in [4.78, 5) is 24.9. The van der Waals surface area contributed by atoms with Crippen molar-refractivity contribution in [1.29, 1.82) is 0 Å². The summed E-state index contributed by atoms with van der Waals surface area (Å²) in [6, 6.07) is 17.1. The Labute approximate surface area is 215 Å². The van der Waals surface area contributed by atoms with E-state index in [-0.39, 0.29) is 27.8 Å². The fourth-order valence-electron chi connectivity index (χ4n) is 3.31. The molecule has 0 saturated heterocycles. The molecule has 3 rings (SSSR count). The first kappa shape index (κ1) is 27.0. The summed E-state index contributed by atoms with van der Waals surface area (Å²) < 4.78 is 38.5. The lowest BCUT2D eigenvalue weighted by molar-refractivity contribution is -0.114. The normalized spacial score (nSPS) is 11.0. The van der Waals surface area contributed by atoms with Gasteiger partial charge in [-0.05, 0) is 75.4 Å². The van der Waals surface area contributed by atoms with Crippen LogP contribution < -0.4 is 14.4 Å². The number of carbonyl (C=O) groups excluding carboxylic acids is 2. The number of nitrogens with zero attached hydrogens (tertiary/aromatic N) is 1. The van der Waals surface area contributed by atoms with Crippen LogP contribution in [0.15, 0.2) is 71.6 Å². The van der Waals surface area contributed by atoms with E-state index in [9.17, 15) is 18.0 Å². The van der Waals surface area contributed by atoms with Crippen molar-refractivity contribution >= 4 is 44.9 Å². The molecule has 0 heterocycles. The van der Waals surface area contributed by atoms with Crippen molar-refractivity contribution in [3.8, 4) is 5.75 Å². The average molecular weight is 531 g/mol. The highest BCUT2D eigenvalue weighted by Gasteiger charge is 2.27. The molecule has 1 N–H and O–H groups in total. The summed E-state index contributed by atoms with van der Waals surface area (Å²) in [6.45, 7) is 5.56. The number of sulfonamides is 1. The molecule has 0 fully saturated rings. The van der Waals surface area contributed by atoms with E-state index >= 15 is 0 Å². The van der Waals surface area contributed by atoms with E-state index in [1.54, 1.807) is 43.3 Å². The van der Waals surface area contributed by atoms with Crippen LogP contribution in [0.2, 0.25) is 5.02 Å². The van der Waals surface area contributed by atoms with Crippen molar-refractivity contribution < 1.29 is 27.5 Å². The predicted octanol–water partition coefficient (Wildman–Crippen LogP) is 5.06. The van der Waals surface area contributed by atoms with Crippen molar-refractivity contribution in [1.82, 2.24) is 0 Å². The van der Waals surface area contributed by atoms with Crippen molar-refractivity contribution in [2.24, 2.45) is 0 Å². The molecule has 0 atom stereocenters. The molecule has 3 aromatic carbocycles. The Morgan fingerprint density at radius 3 is 2.19 bits per heavy atom. The topological polar surface area (TPSA) is 102 Å². The highest BCUT2D eigenvalue weighted by Crippen LogP contribution is 2.27. The molecule has 0 bridgehead atoms. The third-order valence-corrected chi connectivity index (χ3v) is 7.19. The zero-order valence-corrected chi connectivity index (χ0v) is 21.7. The lowest BCUT2D eigenvalue weighted by Gasteiger charge is -2.24. The van der Waals surface area contributed by atoms with Crippen LogP contribution in [0.5, 0.6) is 5.75 Å². The minimum atomic E-state index is -4.10. The zero-order valence-electron chi connectivity index (χ0n) is 20.2. The predicted molar refractivity (Wildman–Crippen MR) is 139 cm³/mol. The molecule has 0 unspecified atom stereocenters. The fourth-order valence-corrected chi connectivity index (χ4v) is 4.95. The zero-order chi connectivity index (χ0) is 26.3. The molecule has 0 spiro atoms. The van der Waals surface area contributed by atoms with Gasteiger partial charge in [-0.2, -0.15) is 0 Å². The van der Waals surface area contributed by atoms with E-state index in [2.05, 4.69) is 5.32 Å². The summed E-state index contributed by atoms with van der Waals surface area (Å²) in [7, 11) is -4.10. The standard InChI is InChI=1S/C26H27ClN2O6S/c1-4-34-21-11-13-22(14-12-21)36(32,33)29(20-9-6-18(3)7-10-20)17-25(30)28-24-15-8-19(16-23(24)27)26(31)35-5-2/h6-16H,4-5,17H2,1-3H3,(H,28,30). The number of aryl methyl sites for hydroxylation is 1. The molecule has 36 heavy (non-hydrogen) atoms. The second-order valence-corrected chi connectivity index (χ2v) is 9.98. The van der Waals surface area contributed by atoms with Crippen molar-refractivity contribution in [2.75, 3.05) is 29.4 Å². The molecule has 190 valence electrons. The van der Waals surface area contributed by atoms with E-state index in [1.165, 1.54) is 30.3 Å². The number of carbonyl (C=O) groups is 2. The monoisotopic (exact) mass is 530 g/mol. The number of hydrogen-bond donors (Lipinski definition) is 1. The molecule has 0 saturated carbocycles. The van der Waals surface area contributed by atoms with Crippen molar-refractivity contribution in [3.05, 3.63) is 82.9 Å². The Hall–Kier alpha value is -3.56. The highest BCUT2D eigenvalue weighted by molar-refractivity contribution is 7.92. The van der Waals surface area contributed by atoms with Crippen LogP contribution >= 0.6 is 11.6 Å². The van der Waals surface area contributed by atoms with Crippen molar-refractivity contribution in [3.63, 3.8) is 0 Å². The average Bonchev–Trinajstić information content (AvgIpc) is 2.85. The highest BCUT2D eigenvalue weighted by atomic mass is 35.5. The van der Waals surface area contributed by atoms with Gasteiger partial charge in [-0.1, -0.05) is 29.3 Å². The summed E-state index contributed by atoms with van der Waals surface area (Å²) in [5, 5.41) is 2.74. The number of rotatable bonds is 10. The third-order valence-electron chi connectivity index (χ3n) is 5.09. The first-order chi connectivity index (χ1) is 17.1. The SMILES string of the molecule is CCOC(=O)c1ccc(NC(=O)CN(c2ccc(C)cc2)S(=O)(=O)c2ccc(OCC)cc2)c(Cl)c1. The molecule has 0 radical (unpaired) electrons. The smallest absolute Gasteiger partial charge is 0.338 e. The molecule has 0 aliphatic heterocycles. The summed E-state index contributed by atoms with van der Waals surface area (Å²) in [6.07, 6.45) is 0. The third kappa shape index (κ3) is 6.56. The maximum atomic E-state index is 13.6. The molecule has 10 heteroatoms. The second-order valence-electron chi connectivity index (χ2n) is 7.71. The quantitative estimate of drug-likeness (QED) is 0.368.